The summed E-state index contributed by atoms with van der Waals surface area (Å²) in [5.74, 6) is 0.703. The third-order valence-corrected chi connectivity index (χ3v) is 2.99. The van der Waals surface area contributed by atoms with Crippen LogP contribution in [0.5, 0.6) is 5.75 Å². The summed E-state index contributed by atoms with van der Waals surface area (Å²) in [7, 11) is 1.63. The molecular weight excluding hydrogens is 226 g/mol. The average Bonchev–Trinajstić information content (AvgIpc) is 2.31. The number of hydrogen-bond acceptors (Lipinski definition) is 3. The lowest BCUT2D eigenvalue weighted by atomic mass is 10.1. The minimum absolute atomic E-state index is 0.348. The van der Waals surface area contributed by atoms with Crippen LogP contribution in [0.25, 0.3) is 0 Å². The van der Waals surface area contributed by atoms with Crippen molar-refractivity contribution >= 4 is 17.3 Å². The van der Waals surface area contributed by atoms with Crippen molar-refractivity contribution in [2.75, 3.05) is 25.6 Å². The Bertz CT molecular complexity index is 351. The first kappa shape index (κ1) is 11.6. The Hall–Kier alpha value is -0.930. The monoisotopic (exact) mass is 241 g/mol. The quantitative estimate of drug-likeness (QED) is 0.883. The average molecular weight is 242 g/mol. The molecule has 1 fully saturated rings. The van der Waals surface area contributed by atoms with E-state index in [0.29, 0.717) is 16.8 Å². The molecule has 0 saturated carbocycles. The van der Waals surface area contributed by atoms with Crippen molar-refractivity contribution in [2.45, 2.75) is 18.9 Å². The summed E-state index contributed by atoms with van der Waals surface area (Å²) in [6, 6.07) is 6.06. The lowest BCUT2D eigenvalue weighted by Crippen LogP contribution is -2.30. The van der Waals surface area contributed by atoms with Crippen LogP contribution < -0.4 is 10.1 Å². The van der Waals surface area contributed by atoms with E-state index in [2.05, 4.69) is 5.32 Å². The van der Waals surface area contributed by atoms with E-state index in [9.17, 15) is 0 Å². The maximum atomic E-state index is 6.05. The molecule has 1 aromatic rings. The van der Waals surface area contributed by atoms with Crippen LogP contribution in [-0.2, 0) is 4.74 Å². The first-order valence-corrected chi connectivity index (χ1v) is 5.86. The summed E-state index contributed by atoms with van der Waals surface area (Å²) in [5.41, 5.74) is 0.936. The molecule has 1 unspecified atom stereocenters. The minimum Gasteiger partial charge on any atom is -0.493 e. The molecule has 0 radical (unpaired) electrons. The molecule has 1 saturated heterocycles. The first-order valence-electron chi connectivity index (χ1n) is 5.48. The summed E-state index contributed by atoms with van der Waals surface area (Å²) in [4.78, 5) is 0. The van der Waals surface area contributed by atoms with Gasteiger partial charge in [0.25, 0.3) is 0 Å². The zero-order valence-electron chi connectivity index (χ0n) is 9.33. The van der Waals surface area contributed by atoms with Gasteiger partial charge in [-0.1, -0.05) is 17.7 Å². The van der Waals surface area contributed by atoms with Gasteiger partial charge in [-0.2, -0.15) is 0 Å². The number of rotatable bonds is 3. The van der Waals surface area contributed by atoms with Gasteiger partial charge in [-0.3, -0.25) is 0 Å². The number of nitrogens with one attached hydrogen (secondary N) is 1. The highest BCUT2D eigenvalue weighted by atomic mass is 35.5. The van der Waals surface area contributed by atoms with Crippen LogP contribution in [0.2, 0.25) is 5.02 Å². The lowest BCUT2D eigenvalue weighted by molar-refractivity contribution is 0.0875. The Labute approximate surface area is 101 Å². The van der Waals surface area contributed by atoms with E-state index in [-0.39, 0.29) is 0 Å². The summed E-state index contributed by atoms with van der Waals surface area (Å²) in [6.45, 7) is 1.61. The molecule has 0 amide bonds. The number of ether oxygens (including phenoxy) is 2. The van der Waals surface area contributed by atoms with Crippen LogP contribution in [0.3, 0.4) is 0 Å². The van der Waals surface area contributed by atoms with Crippen molar-refractivity contribution < 1.29 is 9.47 Å². The number of hydrogen-bond donors (Lipinski definition) is 1. The van der Waals surface area contributed by atoms with Crippen LogP contribution in [0.15, 0.2) is 18.2 Å². The molecule has 0 aromatic heterocycles. The van der Waals surface area contributed by atoms with Gasteiger partial charge in [-0.25, -0.2) is 0 Å². The van der Waals surface area contributed by atoms with Gasteiger partial charge in [0.05, 0.1) is 24.4 Å². The zero-order valence-corrected chi connectivity index (χ0v) is 10.1. The molecule has 0 bridgehead atoms. The number of benzene rings is 1. The van der Waals surface area contributed by atoms with Crippen molar-refractivity contribution in [3.05, 3.63) is 23.2 Å². The topological polar surface area (TPSA) is 30.5 Å². The predicted molar refractivity (Wildman–Crippen MR) is 65.5 cm³/mol. The second-order valence-corrected chi connectivity index (χ2v) is 4.29. The summed E-state index contributed by atoms with van der Waals surface area (Å²) < 4.78 is 10.7. The highest BCUT2D eigenvalue weighted by Crippen LogP contribution is 2.33. The Morgan fingerprint density at radius 3 is 3.06 bits per heavy atom. The highest BCUT2D eigenvalue weighted by Gasteiger charge is 2.16. The third kappa shape index (κ3) is 2.60. The molecule has 1 aromatic carbocycles. The molecule has 1 heterocycles. The molecule has 1 aliphatic rings. The zero-order chi connectivity index (χ0) is 11.4. The molecule has 88 valence electrons. The van der Waals surface area contributed by atoms with Crippen molar-refractivity contribution in [1.82, 2.24) is 0 Å². The van der Waals surface area contributed by atoms with E-state index in [1.54, 1.807) is 7.11 Å². The fourth-order valence-electron chi connectivity index (χ4n) is 1.90. The van der Waals surface area contributed by atoms with Gasteiger partial charge in [0.1, 0.15) is 0 Å². The fraction of sp³-hybridized carbons (Fsp3) is 0.500. The number of methoxy groups -OCH3 is 1. The third-order valence-electron chi connectivity index (χ3n) is 2.69. The molecule has 0 aliphatic carbocycles. The molecule has 1 aliphatic heterocycles. The van der Waals surface area contributed by atoms with Gasteiger partial charge in [-0.05, 0) is 25.0 Å². The van der Waals surface area contributed by atoms with Gasteiger partial charge in [-0.15, -0.1) is 0 Å². The van der Waals surface area contributed by atoms with Crippen LogP contribution in [0.4, 0.5) is 5.69 Å². The number of halogens is 1. The molecule has 1 atom stereocenters. The van der Waals surface area contributed by atoms with Crippen LogP contribution in [0, 0.1) is 0 Å². The Balaban J connectivity index is 2.10. The predicted octanol–water partition coefficient (Wildman–Crippen LogP) is 2.94. The van der Waals surface area contributed by atoms with E-state index >= 15 is 0 Å². The summed E-state index contributed by atoms with van der Waals surface area (Å²) >= 11 is 6.05. The molecule has 2 rings (SSSR count). The second-order valence-electron chi connectivity index (χ2n) is 3.88. The standard InChI is InChI=1S/C12H16ClNO2/c1-15-12-10(13)5-2-6-11(12)14-9-4-3-7-16-8-9/h2,5-6,9,14H,3-4,7-8H2,1H3. The Kier molecular flexibility index (Phi) is 3.91. The van der Waals surface area contributed by atoms with Gasteiger partial charge in [0.2, 0.25) is 0 Å². The van der Waals surface area contributed by atoms with E-state index < -0.39 is 0 Å². The normalized spacial score (nSPS) is 20.5. The van der Waals surface area contributed by atoms with Gasteiger partial charge in [0.15, 0.2) is 5.75 Å². The molecule has 3 nitrogen and oxygen atoms in total. The first-order chi connectivity index (χ1) is 7.81. The lowest BCUT2D eigenvalue weighted by Gasteiger charge is -2.25. The molecule has 0 spiro atoms. The van der Waals surface area contributed by atoms with E-state index in [1.807, 2.05) is 18.2 Å². The molecule has 1 N–H and O–H groups in total. The van der Waals surface area contributed by atoms with E-state index in [0.717, 1.165) is 31.7 Å². The molecular formula is C12H16ClNO2. The molecule has 4 heteroatoms. The largest absolute Gasteiger partial charge is 0.493 e. The van der Waals surface area contributed by atoms with Crippen LogP contribution in [-0.4, -0.2) is 26.4 Å². The van der Waals surface area contributed by atoms with Gasteiger partial charge >= 0.3 is 0 Å². The van der Waals surface area contributed by atoms with Crippen LogP contribution in [0.1, 0.15) is 12.8 Å². The summed E-state index contributed by atoms with van der Waals surface area (Å²) in [6.07, 6.45) is 2.22. The molecule has 16 heavy (non-hydrogen) atoms. The van der Waals surface area contributed by atoms with Crippen molar-refractivity contribution in [2.24, 2.45) is 0 Å². The minimum atomic E-state index is 0.348. The number of para-hydroxylation sites is 1. The van der Waals surface area contributed by atoms with Crippen LogP contribution >= 0.6 is 11.6 Å². The maximum Gasteiger partial charge on any atom is 0.160 e. The SMILES string of the molecule is COc1c(Cl)cccc1NC1CCCOC1. The summed E-state index contributed by atoms with van der Waals surface area (Å²) in [5, 5.41) is 4.04. The van der Waals surface area contributed by atoms with Crippen molar-refractivity contribution in [1.29, 1.82) is 0 Å². The number of anilines is 1. The fourth-order valence-corrected chi connectivity index (χ4v) is 2.16. The van der Waals surface area contributed by atoms with Crippen molar-refractivity contribution in [3.63, 3.8) is 0 Å². The van der Waals surface area contributed by atoms with E-state index in [4.69, 9.17) is 21.1 Å². The van der Waals surface area contributed by atoms with Gasteiger partial charge < -0.3 is 14.8 Å². The Morgan fingerprint density at radius 1 is 1.50 bits per heavy atom. The smallest absolute Gasteiger partial charge is 0.160 e. The maximum absolute atomic E-state index is 6.05. The Morgan fingerprint density at radius 2 is 2.38 bits per heavy atom. The van der Waals surface area contributed by atoms with Gasteiger partial charge in [0, 0.05) is 12.6 Å². The second kappa shape index (κ2) is 5.41. The van der Waals surface area contributed by atoms with Crippen molar-refractivity contribution in [3.8, 4) is 5.75 Å². The highest BCUT2D eigenvalue weighted by molar-refractivity contribution is 6.32. The van der Waals surface area contributed by atoms with E-state index in [1.165, 1.54) is 0 Å².